The van der Waals surface area contributed by atoms with Crippen molar-refractivity contribution in [3.8, 4) is 0 Å². The Morgan fingerprint density at radius 2 is 1.72 bits per heavy atom. The zero-order valence-electron chi connectivity index (χ0n) is 9.13. The van der Waals surface area contributed by atoms with Gasteiger partial charge in [-0.3, -0.25) is 4.79 Å². The van der Waals surface area contributed by atoms with Gasteiger partial charge in [0.15, 0.2) is 12.4 Å². The summed E-state index contributed by atoms with van der Waals surface area (Å²) in [4.78, 5) is 21.5. The summed E-state index contributed by atoms with van der Waals surface area (Å²) in [5.41, 5.74) is 0. The van der Waals surface area contributed by atoms with Crippen LogP contribution in [0, 0.1) is 0 Å². The van der Waals surface area contributed by atoms with Gasteiger partial charge in [-0.15, -0.1) is 0 Å². The van der Waals surface area contributed by atoms with Crippen LogP contribution in [0.3, 0.4) is 0 Å². The maximum atomic E-state index is 10.9. The molecule has 0 bridgehead atoms. The van der Waals surface area contributed by atoms with E-state index in [2.05, 4.69) is 4.74 Å². The Kier molecular flexibility index (Phi) is 11.0. The van der Waals surface area contributed by atoms with Gasteiger partial charge in [0.1, 0.15) is 24.4 Å². The molecule has 9 heteroatoms. The molecule has 0 rings (SSSR count). The van der Waals surface area contributed by atoms with Crippen LogP contribution in [0.1, 0.15) is 6.92 Å². The van der Waals surface area contributed by atoms with Crippen molar-refractivity contribution in [2.24, 2.45) is 0 Å². The number of hydrogen-bond donors (Lipinski definition) is 5. The van der Waals surface area contributed by atoms with Crippen LogP contribution in [0.15, 0.2) is 0 Å². The van der Waals surface area contributed by atoms with Crippen LogP contribution >= 0.6 is 0 Å². The summed E-state index contributed by atoms with van der Waals surface area (Å²) in [6.45, 7) is 0.254. The van der Waals surface area contributed by atoms with Crippen LogP contribution in [-0.2, 0) is 14.3 Å². The Labute approximate surface area is 125 Å². The monoisotopic (exact) mass is 276 g/mol. The minimum absolute atomic E-state index is 0. The average molecular weight is 276 g/mol. The van der Waals surface area contributed by atoms with Crippen molar-refractivity contribution in [3.63, 3.8) is 0 Å². The van der Waals surface area contributed by atoms with Gasteiger partial charge in [0, 0.05) is 0 Å². The van der Waals surface area contributed by atoms with Crippen molar-refractivity contribution in [3.05, 3.63) is 0 Å². The van der Waals surface area contributed by atoms with Gasteiger partial charge in [0.25, 0.3) is 0 Å². The fourth-order valence-electron chi connectivity index (χ4n) is 0.941. The predicted octanol–water partition coefficient (Wildman–Crippen LogP) is -4.10. The fraction of sp³-hybridized carbons (Fsp3) is 0.778. The van der Waals surface area contributed by atoms with Gasteiger partial charge >= 0.3 is 35.5 Å². The van der Waals surface area contributed by atoms with E-state index in [0.717, 1.165) is 6.92 Å². The van der Waals surface area contributed by atoms with Crippen LogP contribution in [0.5, 0.6) is 0 Å². The molecular formula is C9H17NaO8. The SMILES string of the molecule is CC(O)C(=O)O[C@@H](C=O)[C@@H](O)[C@H](O)[C@H](O)CO.[NaH]. The van der Waals surface area contributed by atoms with Crippen LogP contribution in [0.25, 0.3) is 0 Å². The summed E-state index contributed by atoms with van der Waals surface area (Å²) in [5, 5.41) is 45.0. The molecule has 0 aliphatic rings. The summed E-state index contributed by atoms with van der Waals surface area (Å²) in [6, 6.07) is 0. The van der Waals surface area contributed by atoms with Gasteiger partial charge in [0.05, 0.1) is 6.61 Å². The summed E-state index contributed by atoms with van der Waals surface area (Å²) >= 11 is 0. The molecule has 0 saturated carbocycles. The van der Waals surface area contributed by atoms with Crippen LogP contribution < -0.4 is 0 Å². The second kappa shape index (κ2) is 9.82. The molecular weight excluding hydrogens is 259 g/mol. The fourth-order valence-corrected chi connectivity index (χ4v) is 0.941. The van der Waals surface area contributed by atoms with E-state index in [0.29, 0.717) is 0 Å². The van der Waals surface area contributed by atoms with Crippen molar-refractivity contribution in [1.82, 2.24) is 0 Å². The van der Waals surface area contributed by atoms with E-state index in [1.54, 1.807) is 0 Å². The molecule has 0 aromatic heterocycles. The van der Waals surface area contributed by atoms with Crippen molar-refractivity contribution >= 4 is 41.8 Å². The van der Waals surface area contributed by atoms with E-state index in [4.69, 9.17) is 15.3 Å². The number of carbonyl (C=O) groups excluding carboxylic acids is 2. The summed E-state index contributed by atoms with van der Waals surface area (Å²) in [5.74, 6) is -1.16. The molecule has 102 valence electrons. The molecule has 1 unspecified atom stereocenters. The van der Waals surface area contributed by atoms with Gasteiger partial charge < -0.3 is 30.3 Å². The Bertz CT molecular complexity index is 259. The first-order valence-electron chi connectivity index (χ1n) is 4.84. The second-order valence-corrected chi connectivity index (χ2v) is 3.44. The Morgan fingerprint density at radius 3 is 2.06 bits per heavy atom. The molecule has 8 nitrogen and oxygen atoms in total. The Balaban J connectivity index is 0. The first-order chi connectivity index (χ1) is 7.84. The first kappa shape index (κ1) is 20.3. The van der Waals surface area contributed by atoms with Gasteiger partial charge in [0.2, 0.25) is 0 Å². The Morgan fingerprint density at radius 1 is 1.22 bits per heavy atom. The normalized spacial score (nSPS) is 18.8. The van der Waals surface area contributed by atoms with Gasteiger partial charge in [-0.2, -0.15) is 0 Å². The third-order valence-electron chi connectivity index (χ3n) is 2.00. The summed E-state index contributed by atoms with van der Waals surface area (Å²) in [7, 11) is 0. The number of hydrogen-bond acceptors (Lipinski definition) is 8. The molecule has 0 fully saturated rings. The van der Waals surface area contributed by atoms with Gasteiger partial charge in [-0.25, -0.2) is 4.79 Å². The second-order valence-electron chi connectivity index (χ2n) is 3.44. The van der Waals surface area contributed by atoms with E-state index < -0.39 is 43.1 Å². The van der Waals surface area contributed by atoms with Crippen LogP contribution in [0.2, 0.25) is 0 Å². The quantitative estimate of drug-likeness (QED) is 0.179. The predicted molar refractivity (Wildman–Crippen MR) is 59.9 cm³/mol. The average Bonchev–Trinajstić information content (AvgIpc) is 2.32. The number of aliphatic hydroxyl groups excluding tert-OH is 5. The standard InChI is InChI=1S/C9H16O8.Na.H/c1-4(12)9(16)17-6(3-11)8(15)7(14)5(13)2-10;;/h3-8,10,12-15H,2H2,1H3;;/t4?,5-,6+,7-,8-;;/m1../s1. The Hall–Kier alpha value is -0.0600. The van der Waals surface area contributed by atoms with E-state index in [9.17, 15) is 19.8 Å². The molecule has 0 amide bonds. The summed E-state index contributed by atoms with van der Waals surface area (Å²) < 4.78 is 4.38. The van der Waals surface area contributed by atoms with Crippen LogP contribution in [0.4, 0.5) is 0 Å². The first-order valence-corrected chi connectivity index (χ1v) is 4.84. The zero-order chi connectivity index (χ0) is 13.6. The molecule has 0 aromatic rings. The molecule has 0 radical (unpaired) electrons. The van der Waals surface area contributed by atoms with E-state index in [1.807, 2.05) is 0 Å². The van der Waals surface area contributed by atoms with E-state index in [1.165, 1.54) is 0 Å². The minimum atomic E-state index is -1.91. The maximum absolute atomic E-state index is 10.9. The topological polar surface area (TPSA) is 145 Å². The molecule has 18 heavy (non-hydrogen) atoms. The molecule has 0 aliphatic carbocycles. The summed E-state index contributed by atoms with van der Waals surface area (Å²) in [6.07, 6.45) is -8.65. The number of rotatable bonds is 7. The number of esters is 1. The van der Waals surface area contributed by atoms with Crippen molar-refractivity contribution in [2.75, 3.05) is 6.61 Å². The number of ether oxygens (including phenoxy) is 1. The third kappa shape index (κ3) is 6.21. The number of carbonyl (C=O) groups is 2. The van der Waals surface area contributed by atoms with Gasteiger partial charge in [-0.1, -0.05) is 0 Å². The van der Waals surface area contributed by atoms with E-state index in [-0.39, 0.29) is 35.8 Å². The third-order valence-corrected chi connectivity index (χ3v) is 2.00. The molecule has 0 spiro atoms. The van der Waals surface area contributed by atoms with Gasteiger partial charge in [-0.05, 0) is 6.92 Å². The van der Waals surface area contributed by atoms with Crippen molar-refractivity contribution in [1.29, 1.82) is 0 Å². The molecule has 0 saturated heterocycles. The molecule has 5 atom stereocenters. The molecule has 0 aromatic carbocycles. The zero-order valence-corrected chi connectivity index (χ0v) is 9.13. The van der Waals surface area contributed by atoms with Crippen molar-refractivity contribution < 1.29 is 39.9 Å². The molecule has 0 aliphatic heterocycles. The molecule has 0 heterocycles. The van der Waals surface area contributed by atoms with Crippen LogP contribution in [-0.4, -0.2) is 104 Å². The van der Waals surface area contributed by atoms with Crippen molar-refractivity contribution in [2.45, 2.75) is 37.4 Å². The number of aldehydes is 1. The van der Waals surface area contributed by atoms with E-state index >= 15 is 0 Å². The molecule has 5 N–H and O–H groups in total. The number of aliphatic hydroxyl groups is 5.